The number of hydrogen-bond donors (Lipinski definition) is 0. The number of imide groups is 1. The van der Waals surface area contributed by atoms with Crippen LogP contribution >= 0.6 is 0 Å². The maximum absolute atomic E-state index is 13.8. The van der Waals surface area contributed by atoms with Crippen molar-refractivity contribution >= 4 is 34.8 Å². The number of rotatable bonds is 3. The Balaban J connectivity index is 1.52. The highest BCUT2D eigenvalue weighted by Crippen LogP contribution is 2.57. The van der Waals surface area contributed by atoms with E-state index in [1.54, 1.807) is 36.4 Å². The van der Waals surface area contributed by atoms with Crippen LogP contribution in [0.25, 0.3) is 0 Å². The van der Waals surface area contributed by atoms with E-state index in [1.165, 1.54) is 36.4 Å². The average molecular weight is 482 g/mol. The number of nitrogens with zero attached hydrogens (tertiary/aromatic N) is 2. The van der Waals surface area contributed by atoms with Gasteiger partial charge >= 0.3 is 0 Å². The summed E-state index contributed by atoms with van der Waals surface area (Å²) in [6.07, 6.45) is -1.13. The molecule has 3 atom stereocenters. The van der Waals surface area contributed by atoms with Crippen LogP contribution in [-0.2, 0) is 14.3 Å². The van der Waals surface area contributed by atoms with Gasteiger partial charge in [0.05, 0.1) is 28.6 Å². The zero-order chi connectivity index (χ0) is 25.4. The van der Waals surface area contributed by atoms with Crippen LogP contribution in [0.15, 0.2) is 72.8 Å². The molecule has 9 nitrogen and oxygen atoms in total. The quantitative estimate of drug-likeness (QED) is 0.242. The number of non-ortho nitro benzene ring substituents is 1. The number of fused-ring (bicyclic) bond motifs is 3. The van der Waals surface area contributed by atoms with Gasteiger partial charge < -0.3 is 4.74 Å². The molecule has 3 aromatic rings. The van der Waals surface area contributed by atoms with E-state index in [0.717, 1.165) is 10.5 Å². The van der Waals surface area contributed by atoms with Gasteiger partial charge in [-0.05, 0) is 36.8 Å². The molecule has 2 aliphatic heterocycles. The Bertz CT molecular complexity index is 1460. The summed E-state index contributed by atoms with van der Waals surface area (Å²) < 4.78 is 6.18. The number of benzene rings is 3. The van der Waals surface area contributed by atoms with Crippen molar-refractivity contribution in [3.05, 3.63) is 105 Å². The van der Waals surface area contributed by atoms with E-state index in [4.69, 9.17) is 4.74 Å². The van der Waals surface area contributed by atoms with Crippen molar-refractivity contribution in [2.75, 3.05) is 4.90 Å². The van der Waals surface area contributed by atoms with Gasteiger partial charge in [0.1, 0.15) is 0 Å². The second-order valence-electron chi connectivity index (χ2n) is 9.18. The van der Waals surface area contributed by atoms with Crippen LogP contribution in [0, 0.1) is 28.9 Å². The predicted molar refractivity (Wildman–Crippen MR) is 125 cm³/mol. The molecule has 6 rings (SSSR count). The molecule has 0 saturated carbocycles. The van der Waals surface area contributed by atoms with Gasteiger partial charge in [-0.15, -0.1) is 0 Å². The molecular weight excluding hydrogens is 464 g/mol. The van der Waals surface area contributed by atoms with Gasteiger partial charge in [-0.1, -0.05) is 42.0 Å². The maximum Gasteiger partial charge on any atom is 0.269 e. The number of ketones is 2. The minimum absolute atomic E-state index is 0.139. The maximum atomic E-state index is 13.8. The van der Waals surface area contributed by atoms with Gasteiger partial charge in [-0.2, -0.15) is 0 Å². The van der Waals surface area contributed by atoms with Crippen LogP contribution in [0.5, 0.6) is 0 Å². The lowest BCUT2D eigenvalue weighted by Crippen LogP contribution is -2.51. The van der Waals surface area contributed by atoms with Gasteiger partial charge in [-0.3, -0.25) is 29.3 Å². The highest BCUT2D eigenvalue weighted by Gasteiger charge is 2.74. The van der Waals surface area contributed by atoms with Crippen LogP contribution in [-0.4, -0.2) is 33.9 Å². The lowest BCUT2D eigenvalue weighted by molar-refractivity contribution is -0.384. The number of carbonyl (C=O) groups is 4. The number of nitro benzene ring substituents is 1. The standard InChI is InChI=1S/C27H18N2O7/c1-14-6-10-16(11-7-14)28-25(32)20-21(26(28)33)27(23(30)18-4-2-3-5-19(18)24(27)31)36-22(20)15-8-12-17(13-9-15)29(34)35/h2-13,20-22H,1H3/t20-,21-,22+/m0/s1. The Kier molecular flexibility index (Phi) is 4.58. The van der Waals surface area contributed by atoms with E-state index in [1.807, 2.05) is 6.92 Å². The van der Waals surface area contributed by atoms with Crippen LogP contribution in [0.2, 0.25) is 0 Å². The number of hydrogen-bond acceptors (Lipinski definition) is 7. The summed E-state index contributed by atoms with van der Waals surface area (Å²) in [5, 5.41) is 11.1. The van der Waals surface area contributed by atoms with Gasteiger partial charge in [0, 0.05) is 23.3 Å². The second-order valence-corrected chi connectivity index (χ2v) is 9.18. The summed E-state index contributed by atoms with van der Waals surface area (Å²) in [5.41, 5.74) is -0.461. The molecule has 3 aliphatic rings. The fourth-order valence-electron chi connectivity index (χ4n) is 5.55. The second kappa shape index (κ2) is 7.50. The van der Waals surface area contributed by atoms with Gasteiger partial charge in [0.2, 0.25) is 29.0 Å². The molecular formula is C27H18N2O7. The molecule has 3 aromatic carbocycles. The molecule has 2 amide bonds. The van der Waals surface area contributed by atoms with E-state index in [-0.39, 0.29) is 16.8 Å². The highest BCUT2D eigenvalue weighted by molar-refractivity contribution is 6.37. The first kappa shape index (κ1) is 22.0. The Morgan fingerprint density at radius 2 is 1.42 bits per heavy atom. The van der Waals surface area contributed by atoms with Crippen molar-refractivity contribution in [2.45, 2.75) is 18.6 Å². The van der Waals surface area contributed by atoms with Crippen LogP contribution in [0.1, 0.15) is 37.9 Å². The van der Waals surface area contributed by atoms with Crippen molar-refractivity contribution in [3.8, 4) is 0 Å². The Hall–Kier alpha value is -4.50. The van der Waals surface area contributed by atoms with Crippen molar-refractivity contribution in [1.82, 2.24) is 0 Å². The average Bonchev–Trinajstić information content (AvgIpc) is 3.45. The first-order valence-electron chi connectivity index (χ1n) is 11.3. The number of anilines is 1. The number of aryl methyl sites for hydroxylation is 1. The van der Waals surface area contributed by atoms with Crippen LogP contribution in [0.4, 0.5) is 11.4 Å². The fraction of sp³-hybridized carbons (Fsp3) is 0.185. The van der Waals surface area contributed by atoms with Gasteiger partial charge in [0.25, 0.3) is 5.69 Å². The smallest absolute Gasteiger partial charge is 0.269 e. The molecule has 0 aromatic heterocycles. The van der Waals surface area contributed by atoms with E-state index in [0.29, 0.717) is 11.3 Å². The molecule has 0 bridgehead atoms. The number of ether oxygens (including phenoxy) is 1. The molecule has 0 N–H and O–H groups in total. The SMILES string of the molecule is Cc1ccc(N2C(=O)[C@@H]3[C@@H](c4ccc([N+](=O)[O-])cc4)OC4(C(=O)c5ccccc5C4=O)[C@@H]3C2=O)cc1. The summed E-state index contributed by atoms with van der Waals surface area (Å²) in [6.45, 7) is 1.87. The molecule has 2 fully saturated rings. The minimum Gasteiger partial charge on any atom is -0.349 e. The normalized spacial score (nSPS) is 23.9. The van der Waals surface area contributed by atoms with Gasteiger partial charge in [0.15, 0.2) is 0 Å². The molecule has 0 unspecified atom stereocenters. The summed E-state index contributed by atoms with van der Waals surface area (Å²) in [7, 11) is 0. The Morgan fingerprint density at radius 3 is 1.97 bits per heavy atom. The number of amides is 2. The highest BCUT2D eigenvalue weighted by atomic mass is 16.6. The van der Waals surface area contributed by atoms with E-state index < -0.39 is 51.8 Å². The molecule has 1 spiro atoms. The summed E-state index contributed by atoms with van der Waals surface area (Å²) in [5.74, 6) is -5.14. The van der Waals surface area contributed by atoms with Crippen molar-refractivity contribution < 1.29 is 28.8 Å². The molecule has 178 valence electrons. The van der Waals surface area contributed by atoms with E-state index in [2.05, 4.69) is 0 Å². The molecule has 0 radical (unpaired) electrons. The largest absolute Gasteiger partial charge is 0.349 e. The van der Waals surface area contributed by atoms with Crippen LogP contribution < -0.4 is 4.90 Å². The zero-order valence-corrected chi connectivity index (χ0v) is 18.9. The van der Waals surface area contributed by atoms with Crippen LogP contribution in [0.3, 0.4) is 0 Å². The summed E-state index contributed by atoms with van der Waals surface area (Å²) in [6, 6.07) is 18.4. The number of carbonyl (C=O) groups excluding carboxylic acids is 4. The van der Waals surface area contributed by atoms with E-state index >= 15 is 0 Å². The third kappa shape index (κ3) is 2.74. The molecule has 1 aliphatic carbocycles. The van der Waals surface area contributed by atoms with Crippen molar-refractivity contribution in [2.24, 2.45) is 11.8 Å². The number of Topliss-reactive ketones (excluding diaryl/α,β-unsaturated/α-hetero) is 2. The lowest BCUT2D eigenvalue weighted by Gasteiger charge is -2.27. The minimum atomic E-state index is -2.19. The van der Waals surface area contributed by atoms with Crippen molar-refractivity contribution in [1.29, 1.82) is 0 Å². The van der Waals surface area contributed by atoms with Crippen molar-refractivity contribution in [3.63, 3.8) is 0 Å². The Morgan fingerprint density at radius 1 is 0.833 bits per heavy atom. The summed E-state index contributed by atoms with van der Waals surface area (Å²) >= 11 is 0. The van der Waals surface area contributed by atoms with Gasteiger partial charge in [-0.25, -0.2) is 4.90 Å². The summed E-state index contributed by atoms with van der Waals surface area (Å²) in [4.78, 5) is 66.6. The molecule has 2 heterocycles. The molecule has 9 heteroatoms. The third-order valence-corrected chi connectivity index (χ3v) is 7.24. The molecule has 36 heavy (non-hydrogen) atoms. The topological polar surface area (TPSA) is 124 Å². The monoisotopic (exact) mass is 482 g/mol. The zero-order valence-electron chi connectivity index (χ0n) is 18.9. The Labute approximate surface area is 204 Å². The molecule has 2 saturated heterocycles. The lowest BCUT2D eigenvalue weighted by atomic mass is 9.77. The fourth-order valence-corrected chi connectivity index (χ4v) is 5.55. The number of nitro groups is 1. The van der Waals surface area contributed by atoms with E-state index in [9.17, 15) is 29.3 Å². The first-order valence-corrected chi connectivity index (χ1v) is 11.3. The first-order chi connectivity index (χ1) is 17.3. The third-order valence-electron chi connectivity index (χ3n) is 7.24. The predicted octanol–water partition coefficient (Wildman–Crippen LogP) is 3.60.